The van der Waals surface area contributed by atoms with Gasteiger partial charge in [0.2, 0.25) is 5.91 Å². The molecule has 2 aromatic rings. The molecule has 1 amide bonds. The molecule has 27 heavy (non-hydrogen) atoms. The average Bonchev–Trinajstić information content (AvgIpc) is 3.06. The summed E-state index contributed by atoms with van der Waals surface area (Å²) >= 11 is 0. The molecule has 3 rings (SSSR count). The van der Waals surface area contributed by atoms with Crippen molar-refractivity contribution in [3.8, 4) is 11.5 Å². The molecule has 1 N–H and O–H groups in total. The summed E-state index contributed by atoms with van der Waals surface area (Å²) in [7, 11) is 0. The number of carboxylic acids is 1. The fraction of sp³-hybridized carbons (Fsp3) is 0.333. The van der Waals surface area contributed by atoms with Crippen molar-refractivity contribution in [2.75, 3.05) is 26.3 Å². The first-order valence-corrected chi connectivity index (χ1v) is 9.02. The monoisotopic (exact) mass is 369 g/mol. The minimum atomic E-state index is -0.904. The number of amides is 1. The maximum Gasteiger partial charge on any atom is 0.308 e. The third kappa shape index (κ3) is 5.48. The van der Waals surface area contributed by atoms with E-state index in [0.29, 0.717) is 32.7 Å². The third-order valence-corrected chi connectivity index (χ3v) is 4.50. The van der Waals surface area contributed by atoms with E-state index in [9.17, 15) is 9.59 Å². The largest absolute Gasteiger partial charge is 0.490 e. The maximum atomic E-state index is 11.9. The van der Waals surface area contributed by atoms with E-state index in [1.54, 1.807) is 4.90 Å². The Labute approximate surface area is 158 Å². The molecular weight excluding hydrogens is 346 g/mol. The van der Waals surface area contributed by atoms with Gasteiger partial charge in [-0.2, -0.15) is 0 Å². The van der Waals surface area contributed by atoms with Crippen molar-refractivity contribution in [1.82, 2.24) is 4.90 Å². The summed E-state index contributed by atoms with van der Waals surface area (Å²) in [6.07, 6.45) is 0.760. The van der Waals surface area contributed by atoms with Crippen LogP contribution in [-0.2, 0) is 16.0 Å². The molecule has 142 valence electrons. The van der Waals surface area contributed by atoms with E-state index in [4.69, 9.17) is 14.6 Å². The summed E-state index contributed by atoms with van der Waals surface area (Å²) in [4.78, 5) is 24.5. The lowest BCUT2D eigenvalue weighted by atomic mass is 10.1. The number of carboxylic acid groups (broad SMARTS) is 1. The molecule has 0 aliphatic carbocycles. The number of carbonyl (C=O) groups is 2. The smallest absolute Gasteiger partial charge is 0.308 e. The van der Waals surface area contributed by atoms with Gasteiger partial charge in [-0.3, -0.25) is 9.59 Å². The van der Waals surface area contributed by atoms with Crippen molar-refractivity contribution in [1.29, 1.82) is 0 Å². The second-order valence-corrected chi connectivity index (χ2v) is 6.49. The fourth-order valence-electron chi connectivity index (χ4n) is 3.04. The van der Waals surface area contributed by atoms with Crippen LogP contribution >= 0.6 is 0 Å². The first kappa shape index (κ1) is 18.8. The highest BCUT2D eigenvalue weighted by Gasteiger charge is 2.33. The minimum absolute atomic E-state index is 0.0899. The zero-order chi connectivity index (χ0) is 19.1. The molecule has 1 fully saturated rings. The van der Waals surface area contributed by atoms with Crippen LogP contribution < -0.4 is 9.47 Å². The van der Waals surface area contributed by atoms with Crippen molar-refractivity contribution < 1.29 is 24.2 Å². The van der Waals surface area contributed by atoms with Gasteiger partial charge in [-0.25, -0.2) is 0 Å². The van der Waals surface area contributed by atoms with E-state index in [-0.39, 0.29) is 12.3 Å². The van der Waals surface area contributed by atoms with Crippen molar-refractivity contribution in [2.45, 2.75) is 12.8 Å². The number of benzene rings is 2. The van der Waals surface area contributed by atoms with Gasteiger partial charge in [-0.15, -0.1) is 0 Å². The van der Waals surface area contributed by atoms with Crippen molar-refractivity contribution >= 4 is 11.9 Å². The van der Waals surface area contributed by atoms with Crippen molar-refractivity contribution in [3.05, 3.63) is 60.2 Å². The molecule has 1 unspecified atom stereocenters. The molecule has 1 aliphatic heterocycles. The number of ether oxygens (including phenoxy) is 2. The zero-order valence-corrected chi connectivity index (χ0v) is 15.0. The van der Waals surface area contributed by atoms with E-state index >= 15 is 0 Å². The Bertz CT molecular complexity index is 777. The predicted octanol–water partition coefficient (Wildman–Crippen LogP) is 2.62. The van der Waals surface area contributed by atoms with Gasteiger partial charge >= 0.3 is 5.97 Å². The van der Waals surface area contributed by atoms with Crippen LogP contribution in [0.4, 0.5) is 0 Å². The zero-order valence-electron chi connectivity index (χ0n) is 15.0. The van der Waals surface area contributed by atoms with Gasteiger partial charge < -0.3 is 19.5 Å². The van der Waals surface area contributed by atoms with E-state index in [1.807, 2.05) is 54.6 Å². The standard InChI is InChI=1S/C21H23NO5/c23-20-14-17(21(24)25)15-22(20)10-9-16-5-4-8-19(13-16)27-12-11-26-18-6-2-1-3-7-18/h1-8,13,17H,9-12,14-15H2,(H,24,25). The number of carbonyl (C=O) groups excluding carboxylic acids is 1. The van der Waals surface area contributed by atoms with Crippen LogP contribution in [0.25, 0.3) is 0 Å². The third-order valence-electron chi connectivity index (χ3n) is 4.50. The first-order chi connectivity index (χ1) is 13.1. The highest BCUT2D eigenvalue weighted by molar-refractivity contribution is 5.86. The molecule has 0 radical (unpaired) electrons. The topological polar surface area (TPSA) is 76.1 Å². The number of hydrogen-bond acceptors (Lipinski definition) is 4. The Balaban J connectivity index is 1.43. The van der Waals surface area contributed by atoms with Gasteiger partial charge in [-0.1, -0.05) is 30.3 Å². The molecule has 1 aliphatic rings. The van der Waals surface area contributed by atoms with Crippen LogP contribution in [0.15, 0.2) is 54.6 Å². The highest BCUT2D eigenvalue weighted by atomic mass is 16.5. The molecule has 1 heterocycles. The van der Waals surface area contributed by atoms with E-state index in [2.05, 4.69) is 0 Å². The number of hydrogen-bond donors (Lipinski definition) is 1. The summed E-state index contributed by atoms with van der Waals surface area (Å²) < 4.78 is 11.3. The minimum Gasteiger partial charge on any atom is -0.490 e. The molecule has 1 saturated heterocycles. The number of aliphatic carboxylic acids is 1. The number of rotatable bonds is 9. The first-order valence-electron chi connectivity index (χ1n) is 9.02. The average molecular weight is 369 g/mol. The van der Waals surface area contributed by atoms with E-state index in [1.165, 1.54) is 0 Å². The van der Waals surface area contributed by atoms with Gasteiger partial charge in [0.15, 0.2) is 0 Å². The van der Waals surface area contributed by atoms with Gasteiger partial charge in [0.25, 0.3) is 0 Å². The lowest BCUT2D eigenvalue weighted by Gasteiger charge is -2.16. The van der Waals surface area contributed by atoms with Crippen LogP contribution in [0.1, 0.15) is 12.0 Å². The van der Waals surface area contributed by atoms with Gasteiger partial charge in [0.05, 0.1) is 5.92 Å². The van der Waals surface area contributed by atoms with Gasteiger partial charge in [0.1, 0.15) is 24.7 Å². The van der Waals surface area contributed by atoms with Crippen LogP contribution in [0.5, 0.6) is 11.5 Å². The van der Waals surface area contributed by atoms with E-state index < -0.39 is 11.9 Å². The molecular formula is C21H23NO5. The molecule has 6 heteroatoms. The molecule has 0 spiro atoms. The summed E-state index contributed by atoms with van der Waals surface area (Å²) in [6.45, 7) is 1.70. The molecule has 0 aromatic heterocycles. The van der Waals surface area contributed by atoms with Crippen LogP contribution in [0.2, 0.25) is 0 Å². The molecule has 0 saturated carbocycles. The second-order valence-electron chi connectivity index (χ2n) is 6.49. The van der Waals surface area contributed by atoms with E-state index in [0.717, 1.165) is 17.1 Å². The fourth-order valence-corrected chi connectivity index (χ4v) is 3.04. The summed E-state index contributed by atoms with van der Waals surface area (Å²) in [5, 5.41) is 9.04. The summed E-state index contributed by atoms with van der Waals surface area (Å²) in [6, 6.07) is 17.3. The Morgan fingerprint density at radius 1 is 1.04 bits per heavy atom. The maximum absolute atomic E-state index is 11.9. The van der Waals surface area contributed by atoms with Crippen molar-refractivity contribution in [2.24, 2.45) is 5.92 Å². The Morgan fingerprint density at radius 3 is 2.44 bits per heavy atom. The normalized spacial score (nSPS) is 16.4. The van der Waals surface area contributed by atoms with Gasteiger partial charge in [0, 0.05) is 19.5 Å². The van der Waals surface area contributed by atoms with Crippen LogP contribution in [0, 0.1) is 5.92 Å². The summed E-state index contributed by atoms with van der Waals surface area (Å²) in [5.41, 5.74) is 1.04. The Hall–Kier alpha value is -3.02. The lowest BCUT2D eigenvalue weighted by Crippen LogP contribution is -2.28. The number of para-hydroxylation sites is 1. The quantitative estimate of drug-likeness (QED) is 0.688. The molecule has 1 atom stereocenters. The predicted molar refractivity (Wildman–Crippen MR) is 99.9 cm³/mol. The second kappa shape index (κ2) is 9.07. The lowest BCUT2D eigenvalue weighted by molar-refractivity contribution is -0.141. The molecule has 0 bridgehead atoms. The molecule has 2 aromatic carbocycles. The Morgan fingerprint density at radius 2 is 1.74 bits per heavy atom. The van der Waals surface area contributed by atoms with Crippen molar-refractivity contribution in [3.63, 3.8) is 0 Å². The van der Waals surface area contributed by atoms with Crippen LogP contribution in [-0.4, -0.2) is 48.2 Å². The Kier molecular flexibility index (Phi) is 6.30. The van der Waals surface area contributed by atoms with Gasteiger partial charge in [-0.05, 0) is 36.2 Å². The highest BCUT2D eigenvalue weighted by Crippen LogP contribution is 2.19. The SMILES string of the molecule is O=C(O)C1CC(=O)N(CCc2cccc(OCCOc3ccccc3)c2)C1. The molecule has 6 nitrogen and oxygen atoms in total. The number of nitrogens with zero attached hydrogens (tertiary/aromatic N) is 1. The number of likely N-dealkylation sites (tertiary alicyclic amines) is 1. The summed E-state index contributed by atoms with van der Waals surface area (Å²) in [5.74, 6) is -0.0197. The van der Waals surface area contributed by atoms with Crippen LogP contribution in [0.3, 0.4) is 0 Å².